The summed E-state index contributed by atoms with van der Waals surface area (Å²) in [6.07, 6.45) is 1.72. The highest BCUT2D eigenvalue weighted by molar-refractivity contribution is 7.82. The molecule has 0 fully saturated rings. The fourth-order valence-electron chi connectivity index (χ4n) is 0.387. The molecule has 1 unspecified atom stereocenters. The van der Waals surface area contributed by atoms with E-state index < -0.39 is 0 Å². The van der Waals surface area contributed by atoms with Crippen LogP contribution in [-0.4, -0.2) is 10.5 Å². The number of thiol groups is 1. The number of carbonyl (C=O) groups excluding carboxylic acids is 1. The van der Waals surface area contributed by atoms with Gasteiger partial charge in [0.2, 0.25) is 5.24 Å². The van der Waals surface area contributed by atoms with E-state index in [1.807, 2.05) is 6.92 Å². The van der Waals surface area contributed by atoms with Gasteiger partial charge >= 0.3 is 0 Å². The van der Waals surface area contributed by atoms with Gasteiger partial charge in [0, 0.05) is 0 Å². The summed E-state index contributed by atoms with van der Waals surface area (Å²) >= 11 is 9.02. The van der Waals surface area contributed by atoms with Gasteiger partial charge in [0.15, 0.2) is 0 Å². The largest absolute Gasteiger partial charge is 0.280 e. The standard InChI is InChI=1S/C5H9ClOS/c1-2-3-4(8)5(6)7/h4,8H,2-3H2,1H3. The summed E-state index contributed by atoms with van der Waals surface area (Å²) in [5, 5.41) is -0.614. The van der Waals surface area contributed by atoms with Gasteiger partial charge in [-0.05, 0) is 18.0 Å². The van der Waals surface area contributed by atoms with Crippen molar-refractivity contribution < 1.29 is 4.79 Å². The Kier molecular flexibility index (Phi) is 4.38. The molecule has 0 aromatic rings. The van der Waals surface area contributed by atoms with Crippen molar-refractivity contribution in [1.29, 1.82) is 0 Å². The van der Waals surface area contributed by atoms with Gasteiger partial charge in [-0.15, -0.1) is 0 Å². The molecule has 1 atom stereocenters. The zero-order chi connectivity index (χ0) is 6.57. The molecule has 0 aliphatic heterocycles. The summed E-state index contributed by atoms with van der Waals surface area (Å²) in [6.45, 7) is 1.99. The molecule has 0 amide bonds. The highest BCUT2D eigenvalue weighted by Crippen LogP contribution is 2.06. The molecule has 0 radical (unpaired) electrons. The number of rotatable bonds is 3. The molecule has 0 bridgehead atoms. The molecular formula is C5H9ClOS. The van der Waals surface area contributed by atoms with Gasteiger partial charge in [-0.2, -0.15) is 12.6 Å². The van der Waals surface area contributed by atoms with Gasteiger partial charge in [0.25, 0.3) is 0 Å². The second-order valence-electron chi connectivity index (χ2n) is 1.61. The Hall–Kier alpha value is 0.310. The lowest BCUT2D eigenvalue weighted by Crippen LogP contribution is -2.06. The van der Waals surface area contributed by atoms with Crippen LogP contribution < -0.4 is 0 Å². The Balaban J connectivity index is 3.32. The third-order valence-corrected chi connectivity index (χ3v) is 1.73. The van der Waals surface area contributed by atoms with Crippen molar-refractivity contribution in [1.82, 2.24) is 0 Å². The Labute approximate surface area is 59.8 Å². The lowest BCUT2D eigenvalue weighted by atomic mass is 10.3. The van der Waals surface area contributed by atoms with Gasteiger partial charge < -0.3 is 0 Å². The molecule has 0 aromatic heterocycles. The summed E-state index contributed by atoms with van der Waals surface area (Å²) in [5.41, 5.74) is 0. The van der Waals surface area contributed by atoms with Crippen LogP contribution in [0.2, 0.25) is 0 Å². The second kappa shape index (κ2) is 4.21. The highest BCUT2D eigenvalue weighted by Gasteiger charge is 2.07. The zero-order valence-electron chi connectivity index (χ0n) is 4.72. The average Bonchev–Trinajstić information content (AvgIpc) is 1.67. The summed E-state index contributed by atoms with van der Waals surface area (Å²) in [7, 11) is 0. The minimum absolute atomic E-state index is 0.262. The van der Waals surface area contributed by atoms with E-state index in [-0.39, 0.29) is 10.5 Å². The molecule has 0 aromatic carbocycles. The topological polar surface area (TPSA) is 17.1 Å². The van der Waals surface area contributed by atoms with Crippen LogP contribution in [0.4, 0.5) is 0 Å². The third kappa shape index (κ3) is 3.33. The minimum Gasteiger partial charge on any atom is -0.280 e. The van der Waals surface area contributed by atoms with Crippen LogP contribution in [0.3, 0.4) is 0 Å². The number of hydrogen-bond donors (Lipinski definition) is 1. The molecular weight excluding hydrogens is 144 g/mol. The van der Waals surface area contributed by atoms with Crippen LogP contribution in [0.1, 0.15) is 19.8 Å². The maximum Gasteiger partial charge on any atom is 0.234 e. The predicted octanol–water partition coefficient (Wildman–Crippen LogP) is 1.85. The molecule has 0 aliphatic rings. The Morgan fingerprint density at radius 2 is 2.38 bits per heavy atom. The molecule has 0 aliphatic carbocycles. The highest BCUT2D eigenvalue weighted by atomic mass is 35.5. The van der Waals surface area contributed by atoms with Crippen molar-refractivity contribution in [3.05, 3.63) is 0 Å². The fourth-order valence-corrected chi connectivity index (χ4v) is 0.754. The lowest BCUT2D eigenvalue weighted by molar-refractivity contribution is -0.111. The number of halogens is 1. The second-order valence-corrected chi connectivity index (χ2v) is 2.60. The van der Waals surface area contributed by atoms with Crippen LogP contribution in [0.25, 0.3) is 0 Å². The number of hydrogen-bond acceptors (Lipinski definition) is 2. The smallest absolute Gasteiger partial charge is 0.234 e. The molecule has 0 saturated heterocycles. The van der Waals surface area contributed by atoms with Crippen molar-refractivity contribution in [3.8, 4) is 0 Å². The van der Waals surface area contributed by atoms with Crippen LogP contribution >= 0.6 is 24.2 Å². The average molecular weight is 153 g/mol. The van der Waals surface area contributed by atoms with Gasteiger partial charge in [-0.1, -0.05) is 13.3 Å². The maximum absolute atomic E-state index is 10.2. The van der Waals surface area contributed by atoms with Crippen LogP contribution in [0, 0.1) is 0 Å². The van der Waals surface area contributed by atoms with E-state index in [0.29, 0.717) is 0 Å². The van der Waals surface area contributed by atoms with Crippen molar-refractivity contribution in [2.45, 2.75) is 25.0 Å². The first-order chi connectivity index (χ1) is 3.68. The van der Waals surface area contributed by atoms with E-state index in [9.17, 15) is 4.79 Å². The van der Waals surface area contributed by atoms with E-state index in [1.165, 1.54) is 0 Å². The van der Waals surface area contributed by atoms with Crippen LogP contribution in [-0.2, 0) is 4.79 Å². The van der Waals surface area contributed by atoms with Gasteiger partial charge in [-0.25, -0.2) is 0 Å². The number of carbonyl (C=O) groups is 1. The quantitative estimate of drug-likeness (QED) is 0.483. The minimum atomic E-state index is -0.352. The molecule has 1 nitrogen and oxygen atoms in total. The first-order valence-corrected chi connectivity index (χ1v) is 3.45. The molecule has 0 heterocycles. The molecule has 48 valence electrons. The lowest BCUT2D eigenvalue weighted by Gasteiger charge is -1.98. The molecule has 0 rings (SSSR count). The predicted molar refractivity (Wildman–Crippen MR) is 38.5 cm³/mol. The summed E-state index contributed by atoms with van der Waals surface area (Å²) in [6, 6.07) is 0. The van der Waals surface area contributed by atoms with Crippen LogP contribution in [0.15, 0.2) is 0 Å². The Morgan fingerprint density at radius 1 is 1.88 bits per heavy atom. The first kappa shape index (κ1) is 8.31. The molecule has 0 N–H and O–H groups in total. The fraction of sp³-hybridized carbons (Fsp3) is 0.800. The normalized spacial score (nSPS) is 13.4. The monoisotopic (exact) mass is 152 g/mol. The van der Waals surface area contributed by atoms with Crippen molar-refractivity contribution in [2.24, 2.45) is 0 Å². The van der Waals surface area contributed by atoms with E-state index in [0.717, 1.165) is 12.8 Å². The van der Waals surface area contributed by atoms with E-state index in [2.05, 4.69) is 12.6 Å². The molecule has 0 spiro atoms. The Morgan fingerprint density at radius 3 is 2.50 bits per heavy atom. The van der Waals surface area contributed by atoms with Gasteiger partial charge in [0.05, 0.1) is 5.25 Å². The van der Waals surface area contributed by atoms with Gasteiger partial charge in [0.1, 0.15) is 0 Å². The summed E-state index contributed by atoms with van der Waals surface area (Å²) in [4.78, 5) is 10.2. The maximum atomic E-state index is 10.2. The Bertz CT molecular complexity index is 84.5. The van der Waals surface area contributed by atoms with Crippen molar-refractivity contribution in [2.75, 3.05) is 0 Å². The van der Waals surface area contributed by atoms with E-state index in [4.69, 9.17) is 11.6 Å². The van der Waals surface area contributed by atoms with Gasteiger partial charge in [-0.3, -0.25) is 4.79 Å². The SMILES string of the molecule is CCCC(S)C(=O)Cl. The van der Waals surface area contributed by atoms with E-state index in [1.54, 1.807) is 0 Å². The van der Waals surface area contributed by atoms with Crippen molar-refractivity contribution in [3.63, 3.8) is 0 Å². The first-order valence-electron chi connectivity index (χ1n) is 2.56. The molecule has 0 saturated carbocycles. The molecule has 3 heteroatoms. The van der Waals surface area contributed by atoms with Crippen molar-refractivity contribution >= 4 is 29.5 Å². The summed E-state index contributed by atoms with van der Waals surface area (Å²) < 4.78 is 0. The third-order valence-electron chi connectivity index (χ3n) is 0.824. The van der Waals surface area contributed by atoms with Crippen LogP contribution in [0.5, 0.6) is 0 Å². The molecule has 8 heavy (non-hydrogen) atoms. The zero-order valence-corrected chi connectivity index (χ0v) is 6.38. The van der Waals surface area contributed by atoms with E-state index >= 15 is 0 Å². The summed E-state index contributed by atoms with van der Waals surface area (Å²) in [5.74, 6) is 0.